The zero-order valence-electron chi connectivity index (χ0n) is 9.22. The number of para-hydroxylation sites is 1. The molecule has 0 fully saturated rings. The number of aromatic nitrogens is 1. The Morgan fingerprint density at radius 1 is 1.39 bits per heavy atom. The summed E-state index contributed by atoms with van der Waals surface area (Å²) >= 11 is 3.25. The van der Waals surface area contributed by atoms with E-state index in [1.807, 2.05) is 0 Å². The average Bonchev–Trinajstić information content (AvgIpc) is 2.33. The summed E-state index contributed by atoms with van der Waals surface area (Å²) < 4.78 is 0.575. The topological polar surface area (TPSA) is 88.2 Å². The number of nitrogens with two attached hydrogens (primary N) is 1. The van der Waals surface area contributed by atoms with Gasteiger partial charge in [0, 0.05) is 0 Å². The number of aromatic hydroxyl groups is 1. The highest BCUT2D eigenvalue weighted by Gasteiger charge is 2.12. The molecule has 0 atom stereocenters. The molecule has 0 aliphatic carbocycles. The van der Waals surface area contributed by atoms with Gasteiger partial charge < -0.3 is 16.2 Å². The van der Waals surface area contributed by atoms with Gasteiger partial charge in [0.2, 0.25) is 0 Å². The second kappa shape index (κ2) is 5.05. The van der Waals surface area contributed by atoms with Crippen LogP contribution >= 0.6 is 15.9 Å². The Bertz CT molecular complexity index is 602. The molecular formula is C12H10BrN3O2. The largest absolute Gasteiger partial charge is 0.507 e. The van der Waals surface area contributed by atoms with E-state index in [4.69, 9.17) is 5.73 Å². The first-order valence-electron chi connectivity index (χ1n) is 5.08. The number of phenolic OH excluding ortho intramolecular Hbond substituents is 1. The van der Waals surface area contributed by atoms with E-state index in [0.717, 1.165) is 0 Å². The third kappa shape index (κ3) is 2.60. The fourth-order valence-electron chi connectivity index (χ4n) is 1.39. The van der Waals surface area contributed by atoms with Gasteiger partial charge in [0.1, 0.15) is 11.6 Å². The maximum atomic E-state index is 11.9. The highest BCUT2D eigenvalue weighted by atomic mass is 79.9. The lowest BCUT2D eigenvalue weighted by atomic mass is 10.2. The van der Waals surface area contributed by atoms with Gasteiger partial charge in [0.25, 0.3) is 5.91 Å². The average molecular weight is 308 g/mol. The Morgan fingerprint density at radius 2 is 2.11 bits per heavy atom. The molecule has 0 bridgehead atoms. The van der Waals surface area contributed by atoms with Gasteiger partial charge >= 0.3 is 0 Å². The summed E-state index contributed by atoms with van der Waals surface area (Å²) in [7, 11) is 0. The summed E-state index contributed by atoms with van der Waals surface area (Å²) in [6, 6.07) is 7.91. The molecule has 2 rings (SSSR count). The van der Waals surface area contributed by atoms with Gasteiger partial charge in [-0.1, -0.05) is 12.1 Å². The van der Waals surface area contributed by atoms with Crippen LogP contribution in [0.15, 0.2) is 41.0 Å². The summed E-state index contributed by atoms with van der Waals surface area (Å²) in [4.78, 5) is 15.9. The van der Waals surface area contributed by atoms with Crippen molar-refractivity contribution < 1.29 is 9.90 Å². The first-order chi connectivity index (χ1) is 8.58. The van der Waals surface area contributed by atoms with Crippen LogP contribution in [0.1, 0.15) is 10.4 Å². The highest BCUT2D eigenvalue weighted by molar-refractivity contribution is 9.10. The van der Waals surface area contributed by atoms with Crippen molar-refractivity contribution in [1.29, 1.82) is 0 Å². The van der Waals surface area contributed by atoms with Crippen molar-refractivity contribution in [2.24, 2.45) is 0 Å². The van der Waals surface area contributed by atoms with Crippen molar-refractivity contribution in [2.75, 3.05) is 11.1 Å². The molecule has 18 heavy (non-hydrogen) atoms. The molecule has 4 N–H and O–H groups in total. The van der Waals surface area contributed by atoms with Crippen molar-refractivity contribution in [1.82, 2.24) is 4.98 Å². The molecular weight excluding hydrogens is 298 g/mol. The monoisotopic (exact) mass is 307 g/mol. The van der Waals surface area contributed by atoms with Crippen molar-refractivity contribution in [3.8, 4) is 5.75 Å². The number of phenols is 1. The van der Waals surface area contributed by atoms with Gasteiger partial charge in [-0.3, -0.25) is 4.79 Å². The summed E-state index contributed by atoms with van der Waals surface area (Å²) in [5.74, 6) is -0.176. The Hall–Kier alpha value is -2.08. The van der Waals surface area contributed by atoms with Gasteiger partial charge in [0.05, 0.1) is 21.9 Å². The molecule has 2 aromatic rings. The van der Waals surface area contributed by atoms with E-state index >= 15 is 0 Å². The second-order valence-corrected chi connectivity index (χ2v) is 4.42. The number of amides is 1. The van der Waals surface area contributed by atoms with Crippen LogP contribution in [0, 0.1) is 0 Å². The fourth-order valence-corrected chi connectivity index (χ4v) is 1.85. The summed E-state index contributed by atoms with van der Waals surface area (Å²) in [5, 5.41) is 12.1. The molecule has 0 radical (unpaired) electrons. The quantitative estimate of drug-likeness (QED) is 0.795. The molecule has 0 aliphatic rings. The van der Waals surface area contributed by atoms with Crippen LogP contribution in [-0.4, -0.2) is 16.0 Å². The first-order valence-corrected chi connectivity index (χ1v) is 5.87. The number of nitrogens with one attached hydrogen (secondary N) is 1. The minimum atomic E-state index is -0.439. The van der Waals surface area contributed by atoms with Gasteiger partial charge in [-0.15, -0.1) is 0 Å². The molecule has 0 saturated carbocycles. The zero-order valence-corrected chi connectivity index (χ0v) is 10.8. The van der Waals surface area contributed by atoms with E-state index in [2.05, 4.69) is 26.2 Å². The predicted octanol–water partition coefficient (Wildman–Crippen LogP) is 2.38. The summed E-state index contributed by atoms with van der Waals surface area (Å²) in [5.41, 5.74) is 6.22. The number of hydrogen-bond acceptors (Lipinski definition) is 4. The fraction of sp³-hybridized carbons (Fsp3) is 0. The molecule has 1 amide bonds. The highest BCUT2D eigenvalue weighted by Crippen LogP contribution is 2.23. The predicted molar refractivity (Wildman–Crippen MR) is 72.4 cm³/mol. The third-order valence-electron chi connectivity index (χ3n) is 2.24. The van der Waals surface area contributed by atoms with E-state index in [9.17, 15) is 9.90 Å². The number of carbonyl (C=O) groups excluding carboxylic acids is 1. The molecule has 0 aliphatic heterocycles. The van der Waals surface area contributed by atoms with Gasteiger partial charge in [-0.05, 0) is 34.1 Å². The SMILES string of the molecule is Nc1cnc(NC(=O)c2ccccc2O)c(Br)c1. The number of hydrogen-bond donors (Lipinski definition) is 3. The maximum absolute atomic E-state index is 11.9. The Balaban J connectivity index is 2.24. The molecule has 5 nitrogen and oxygen atoms in total. The molecule has 0 spiro atoms. The van der Waals surface area contributed by atoms with Gasteiger partial charge in [0.15, 0.2) is 0 Å². The van der Waals surface area contributed by atoms with Crippen LogP contribution in [0.2, 0.25) is 0 Å². The number of anilines is 2. The number of rotatable bonds is 2. The lowest BCUT2D eigenvalue weighted by Crippen LogP contribution is -2.13. The second-order valence-electron chi connectivity index (χ2n) is 3.57. The molecule has 1 aromatic carbocycles. The van der Waals surface area contributed by atoms with Crippen molar-refractivity contribution in [3.05, 3.63) is 46.6 Å². The van der Waals surface area contributed by atoms with Crippen LogP contribution in [0.25, 0.3) is 0 Å². The minimum Gasteiger partial charge on any atom is -0.507 e. The van der Waals surface area contributed by atoms with Crippen LogP contribution < -0.4 is 11.1 Å². The van der Waals surface area contributed by atoms with E-state index in [-0.39, 0.29) is 11.3 Å². The summed E-state index contributed by atoms with van der Waals surface area (Å²) in [6.07, 6.45) is 1.44. The van der Waals surface area contributed by atoms with E-state index in [0.29, 0.717) is 16.0 Å². The van der Waals surface area contributed by atoms with Gasteiger partial charge in [-0.25, -0.2) is 4.98 Å². The minimum absolute atomic E-state index is 0.0819. The Labute approximate surface area is 112 Å². The van der Waals surface area contributed by atoms with Crippen LogP contribution in [-0.2, 0) is 0 Å². The molecule has 1 aromatic heterocycles. The zero-order chi connectivity index (χ0) is 13.1. The molecule has 1 heterocycles. The third-order valence-corrected chi connectivity index (χ3v) is 2.85. The van der Waals surface area contributed by atoms with Crippen molar-refractivity contribution >= 4 is 33.3 Å². The number of pyridine rings is 1. The Morgan fingerprint density at radius 3 is 2.78 bits per heavy atom. The Kier molecular flexibility index (Phi) is 3.47. The molecule has 0 unspecified atom stereocenters. The van der Waals surface area contributed by atoms with Crippen molar-refractivity contribution in [2.45, 2.75) is 0 Å². The molecule has 0 saturated heterocycles. The number of carbonyl (C=O) groups is 1. The normalized spacial score (nSPS) is 10.1. The lowest BCUT2D eigenvalue weighted by molar-refractivity contribution is 0.102. The molecule has 92 valence electrons. The van der Waals surface area contributed by atoms with E-state index < -0.39 is 5.91 Å². The first kappa shape index (κ1) is 12.4. The van der Waals surface area contributed by atoms with Crippen LogP contribution in [0.3, 0.4) is 0 Å². The van der Waals surface area contributed by atoms with Crippen LogP contribution in [0.5, 0.6) is 5.75 Å². The number of nitrogen functional groups attached to an aromatic ring is 1. The van der Waals surface area contributed by atoms with Gasteiger partial charge in [-0.2, -0.15) is 0 Å². The van der Waals surface area contributed by atoms with Crippen molar-refractivity contribution in [3.63, 3.8) is 0 Å². The number of halogens is 1. The molecule has 6 heteroatoms. The number of nitrogens with zero attached hydrogens (tertiary/aromatic N) is 1. The lowest BCUT2D eigenvalue weighted by Gasteiger charge is -2.07. The van der Waals surface area contributed by atoms with Crippen LogP contribution in [0.4, 0.5) is 11.5 Å². The van der Waals surface area contributed by atoms with E-state index in [1.165, 1.54) is 18.3 Å². The summed E-state index contributed by atoms with van der Waals surface area (Å²) in [6.45, 7) is 0. The maximum Gasteiger partial charge on any atom is 0.260 e. The number of benzene rings is 1. The van der Waals surface area contributed by atoms with E-state index in [1.54, 1.807) is 18.2 Å². The smallest absolute Gasteiger partial charge is 0.260 e. The standard InChI is InChI=1S/C12H10BrN3O2/c13-9-5-7(14)6-15-11(9)16-12(18)8-3-1-2-4-10(8)17/h1-6,17H,14H2,(H,15,16,18).